The van der Waals surface area contributed by atoms with Crippen LogP contribution in [0.2, 0.25) is 0 Å². The molecule has 8 nitrogen and oxygen atoms in total. The van der Waals surface area contributed by atoms with Gasteiger partial charge in [-0.05, 0) is 23.8 Å². The largest absolute Gasteiger partial charge is 0.454 e. The molecule has 2 amide bonds. The lowest BCUT2D eigenvalue weighted by molar-refractivity contribution is 0.174. The summed E-state index contributed by atoms with van der Waals surface area (Å²) < 4.78 is 10.6. The van der Waals surface area contributed by atoms with Crippen molar-refractivity contribution in [3.05, 3.63) is 41.7 Å². The van der Waals surface area contributed by atoms with Crippen LogP contribution in [0.5, 0.6) is 11.5 Å². The van der Waals surface area contributed by atoms with Gasteiger partial charge in [-0.1, -0.05) is 6.07 Å². The van der Waals surface area contributed by atoms with E-state index in [1.165, 1.54) is 0 Å². The zero-order valence-electron chi connectivity index (χ0n) is 13.6. The van der Waals surface area contributed by atoms with E-state index in [4.69, 9.17) is 9.47 Å². The Hall–Kier alpha value is -3.03. The van der Waals surface area contributed by atoms with Gasteiger partial charge < -0.3 is 25.0 Å². The minimum absolute atomic E-state index is 0.237. The van der Waals surface area contributed by atoms with Gasteiger partial charge in [-0.3, -0.25) is 0 Å². The molecule has 1 aromatic carbocycles. The maximum Gasteiger partial charge on any atom is 0.315 e. The van der Waals surface area contributed by atoms with Gasteiger partial charge in [0, 0.05) is 26.8 Å². The van der Waals surface area contributed by atoms with Crippen LogP contribution >= 0.6 is 0 Å². The highest BCUT2D eigenvalue weighted by molar-refractivity contribution is 5.73. The van der Waals surface area contributed by atoms with Gasteiger partial charge in [-0.2, -0.15) is 0 Å². The van der Waals surface area contributed by atoms with Gasteiger partial charge in [0.15, 0.2) is 11.5 Å². The second kappa shape index (κ2) is 7.03. The van der Waals surface area contributed by atoms with Crippen LogP contribution in [0.15, 0.2) is 30.5 Å². The second-order valence-corrected chi connectivity index (χ2v) is 5.47. The van der Waals surface area contributed by atoms with Crippen molar-refractivity contribution in [3.8, 4) is 11.5 Å². The minimum atomic E-state index is -0.266. The van der Waals surface area contributed by atoms with E-state index >= 15 is 0 Å². The Balaban J connectivity index is 1.48. The highest BCUT2D eigenvalue weighted by Gasteiger charge is 2.13. The van der Waals surface area contributed by atoms with Crippen LogP contribution in [0.3, 0.4) is 0 Å². The van der Waals surface area contributed by atoms with Gasteiger partial charge in [0.2, 0.25) is 12.7 Å². The number of amides is 2. The average molecular weight is 329 g/mol. The topological polar surface area (TPSA) is 88.6 Å². The number of benzene rings is 1. The lowest BCUT2D eigenvalue weighted by Crippen LogP contribution is -2.34. The predicted molar refractivity (Wildman–Crippen MR) is 88.0 cm³/mol. The number of urea groups is 1. The number of anilines is 1. The highest BCUT2D eigenvalue weighted by Crippen LogP contribution is 2.32. The Kier molecular flexibility index (Phi) is 4.64. The first-order valence-corrected chi connectivity index (χ1v) is 7.51. The Bertz CT molecular complexity index is 735. The van der Waals surface area contributed by atoms with Crippen molar-refractivity contribution in [2.24, 2.45) is 0 Å². The summed E-state index contributed by atoms with van der Waals surface area (Å²) in [7, 11) is 3.73. The third-order valence-corrected chi connectivity index (χ3v) is 3.42. The number of carbonyl (C=O) groups excluding carboxylic acids is 1. The molecule has 2 N–H and O–H groups in total. The molecule has 0 aliphatic carbocycles. The molecule has 0 saturated heterocycles. The molecule has 2 aromatic rings. The zero-order chi connectivity index (χ0) is 16.9. The maximum atomic E-state index is 11.9. The molecule has 1 aromatic heterocycles. The summed E-state index contributed by atoms with van der Waals surface area (Å²) in [6.07, 6.45) is 1.67. The molecule has 24 heavy (non-hydrogen) atoms. The van der Waals surface area contributed by atoms with E-state index in [1.807, 2.05) is 37.2 Å². The SMILES string of the molecule is CN(C)c1nccc(CNC(=O)NCc2ccc3c(c2)OCO3)n1. The number of hydrogen-bond acceptors (Lipinski definition) is 6. The van der Waals surface area contributed by atoms with Crippen LogP contribution < -0.4 is 25.0 Å². The van der Waals surface area contributed by atoms with Crippen molar-refractivity contribution in [1.82, 2.24) is 20.6 Å². The summed E-state index contributed by atoms with van der Waals surface area (Å²) in [5.74, 6) is 2.03. The van der Waals surface area contributed by atoms with Crippen molar-refractivity contribution in [2.45, 2.75) is 13.1 Å². The quantitative estimate of drug-likeness (QED) is 0.859. The number of carbonyl (C=O) groups is 1. The summed E-state index contributed by atoms with van der Waals surface area (Å²) in [6, 6.07) is 7.09. The third kappa shape index (κ3) is 3.83. The van der Waals surface area contributed by atoms with E-state index < -0.39 is 0 Å². The fourth-order valence-corrected chi connectivity index (χ4v) is 2.17. The number of nitrogens with one attached hydrogen (secondary N) is 2. The van der Waals surface area contributed by atoms with E-state index in [9.17, 15) is 4.79 Å². The van der Waals surface area contributed by atoms with Gasteiger partial charge in [0.05, 0.1) is 12.2 Å². The number of nitrogens with zero attached hydrogens (tertiary/aromatic N) is 3. The molecule has 0 saturated carbocycles. The molecule has 0 unspecified atom stereocenters. The zero-order valence-corrected chi connectivity index (χ0v) is 13.6. The van der Waals surface area contributed by atoms with E-state index in [-0.39, 0.29) is 12.8 Å². The number of hydrogen-bond donors (Lipinski definition) is 2. The van der Waals surface area contributed by atoms with Gasteiger partial charge in [0.25, 0.3) is 0 Å². The van der Waals surface area contributed by atoms with Gasteiger partial charge in [0.1, 0.15) is 0 Å². The summed E-state index contributed by atoms with van der Waals surface area (Å²) in [4.78, 5) is 22.2. The smallest absolute Gasteiger partial charge is 0.315 e. The second-order valence-electron chi connectivity index (χ2n) is 5.47. The molecular weight excluding hydrogens is 310 g/mol. The van der Waals surface area contributed by atoms with Crippen molar-refractivity contribution in [3.63, 3.8) is 0 Å². The molecule has 0 bridgehead atoms. The molecule has 3 rings (SSSR count). The van der Waals surface area contributed by atoms with Crippen molar-refractivity contribution in [1.29, 1.82) is 0 Å². The van der Waals surface area contributed by atoms with E-state index in [0.29, 0.717) is 24.8 Å². The van der Waals surface area contributed by atoms with Crippen LogP contribution in [0, 0.1) is 0 Å². The Labute approximate surface area is 139 Å². The standard InChI is InChI=1S/C16H19N5O3/c1-21(2)15-17-6-5-12(20-15)9-19-16(22)18-8-11-3-4-13-14(7-11)24-10-23-13/h3-7H,8-10H2,1-2H3,(H2,18,19,22). The first kappa shape index (κ1) is 15.9. The molecule has 2 heterocycles. The number of fused-ring (bicyclic) bond motifs is 1. The fraction of sp³-hybridized carbons (Fsp3) is 0.312. The van der Waals surface area contributed by atoms with E-state index in [0.717, 1.165) is 17.0 Å². The molecule has 1 aliphatic rings. The highest BCUT2D eigenvalue weighted by atomic mass is 16.7. The maximum absolute atomic E-state index is 11.9. The summed E-state index contributed by atoms with van der Waals surface area (Å²) in [5, 5.41) is 5.57. The average Bonchev–Trinajstić information content (AvgIpc) is 3.06. The third-order valence-electron chi connectivity index (χ3n) is 3.42. The van der Waals surface area contributed by atoms with Crippen LogP contribution in [0.25, 0.3) is 0 Å². The minimum Gasteiger partial charge on any atom is -0.454 e. The summed E-state index contributed by atoms with van der Waals surface area (Å²) in [5.41, 5.74) is 1.68. The molecule has 0 radical (unpaired) electrons. The van der Waals surface area contributed by atoms with Gasteiger partial charge >= 0.3 is 6.03 Å². The van der Waals surface area contributed by atoms with Gasteiger partial charge in [-0.25, -0.2) is 14.8 Å². The molecule has 0 spiro atoms. The van der Waals surface area contributed by atoms with Crippen LogP contribution in [-0.4, -0.2) is 36.9 Å². The predicted octanol–water partition coefficient (Wildman–Crippen LogP) is 1.27. The molecule has 8 heteroatoms. The lowest BCUT2D eigenvalue weighted by Gasteiger charge is -2.11. The van der Waals surface area contributed by atoms with Crippen molar-refractivity contribution in [2.75, 3.05) is 25.8 Å². The molecular formula is C16H19N5O3. The van der Waals surface area contributed by atoms with E-state index in [1.54, 1.807) is 12.3 Å². The van der Waals surface area contributed by atoms with Crippen LogP contribution in [-0.2, 0) is 13.1 Å². The molecule has 0 fully saturated rings. The first-order chi connectivity index (χ1) is 11.6. The normalized spacial score (nSPS) is 11.9. The van der Waals surface area contributed by atoms with E-state index in [2.05, 4.69) is 20.6 Å². The molecule has 1 aliphatic heterocycles. The fourth-order valence-electron chi connectivity index (χ4n) is 2.17. The number of aromatic nitrogens is 2. The number of ether oxygens (including phenoxy) is 2. The summed E-state index contributed by atoms with van der Waals surface area (Å²) in [6.45, 7) is 0.964. The lowest BCUT2D eigenvalue weighted by atomic mass is 10.2. The monoisotopic (exact) mass is 329 g/mol. The number of rotatable bonds is 5. The van der Waals surface area contributed by atoms with Crippen LogP contribution in [0.1, 0.15) is 11.3 Å². The van der Waals surface area contributed by atoms with Crippen molar-refractivity contribution >= 4 is 12.0 Å². The van der Waals surface area contributed by atoms with Crippen LogP contribution in [0.4, 0.5) is 10.7 Å². The first-order valence-electron chi connectivity index (χ1n) is 7.51. The molecule has 126 valence electrons. The Morgan fingerprint density at radius 1 is 1.17 bits per heavy atom. The Morgan fingerprint density at radius 2 is 1.96 bits per heavy atom. The van der Waals surface area contributed by atoms with Crippen molar-refractivity contribution < 1.29 is 14.3 Å². The summed E-state index contributed by atoms with van der Waals surface area (Å²) >= 11 is 0. The van der Waals surface area contributed by atoms with Gasteiger partial charge in [-0.15, -0.1) is 0 Å². The Morgan fingerprint density at radius 3 is 2.79 bits per heavy atom. The molecule has 0 atom stereocenters.